The van der Waals surface area contributed by atoms with Crippen molar-refractivity contribution in [3.8, 4) is 0 Å². The van der Waals surface area contributed by atoms with Gasteiger partial charge in [0.2, 0.25) is 5.91 Å². The Morgan fingerprint density at radius 1 is 1.71 bits per heavy atom. The van der Waals surface area contributed by atoms with Crippen LogP contribution in [0.5, 0.6) is 0 Å². The molecule has 0 aliphatic carbocycles. The van der Waals surface area contributed by atoms with E-state index in [-0.39, 0.29) is 12.5 Å². The lowest BCUT2D eigenvalue weighted by Gasteiger charge is -2.07. The van der Waals surface area contributed by atoms with Gasteiger partial charge in [-0.05, 0) is 22.0 Å². The van der Waals surface area contributed by atoms with Crippen molar-refractivity contribution < 1.29 is 4.79 Å². The Labute approximate surface area is 90.2 Å². The molecule has 1 heterocycles. The summed E-state index contributed by atoms with van der Waals surface area (Å²) in [7, 11) is 1.57. The molecule has 1 aromatic rings. The summed E-state index contributed by atoms with van der Waals surface area (Å²) < 4.78 is 0.806. The van der Waals surface area contributed by atoms with E-state index in [0.29, 0.717) is 11.5 Å². The first-order valence-electron chi connectivity index (χ1n) is 3.99. The highest BCUT2D eigenvalue weighted by molar-refractivity contribution is 9.10. The number of rotatable bonds is 3. The number of hydrogen-bond acceptors (Lipinski definition) is 4. The predicted molar refractivity (Wildman–Crippen MR) is 58.9 cm³/mol. The van der Waals surface area contributed by atoms with Crippen molar-refractivity contribution in [1.82, 2.24) is 10.3 Å². The molecule has 0 aliphatic heterocycles. The van der Waals surface area contributed by atoms with E-state index in [2.05, 4.69) is 31.5 Å². The lowest BCUT2D eigenvalue weighted by molar-refractivity contribution is -0.118. The van der Waals surface area contributed by atoms with Gasteiger partial charge in [0.1, 0.15) is 5.82 Å². The monoisotopic (exact) mass is 258 g/mol. The van der Waals surface area contributed by atoms with Crippen LogP contribution in [0.3, 0.4) is 0 Å². The number of nitrogens with zero attached hydrogens (tertiary/aromatic N) is 1. The zero-order valence-electron chi connectivity index (χ0n) is 7.67. The average molecular weight is 259 g/mol. The number of halogens is 1. The quantitative estimate of drug-likeness (QED) is 0.742. The van der Waals surface area contributed by atoms with Crippen molar-refractivity contribution in [2.24, 2.45) is 0 Å². The second kappa shape index (κ2) is 4.80. The van der Waals surface area contributed by atoms with Crippen molar-refractivity contribution in [2.45, 2.75) is 0 Å². The second-order valence-electron chi connectivity index (χ2n) is 2.62. The topological polar surface area (TPSA) is 80.0 Å². The van der Waals surface area contributed by atoms with Crippen LogP contribution < -0.4 is 16.4 Å². The van der Waals surface area contributed by atoms with Gasteiger partial charge in [0.25, 0.3) is 0 Å². The molecular formula is C8H11BrN4O. The van der Waals surface area contributed by atoms with Gasteiger partial charge in [-0.3, -0.25) is 4.79 Å². The van der Waals surface area contributed by atoms with Gasteiger partial charge in [-0.25, -0.2) is 4.98 Å². The standard InChI is InChI=1S/C8H11BrN4O/c1-11-7(14)4-13-8-6(10)2-5(9)3-12-8/h2-3H,4,10H2,1H3,(H,11,14)(H,12,13). The number of pyridine rings is 1. The first-order chi connectivity index (χ1) is 6.63. The van der Waals surface area contributed by atoms with E-state index in [1.807, 2.05) is 0 Å². The molecule has 0 fully saturated rings. The van der Waals surface area contributed by atoms with Crippen LogP contribution >= 0.6 is 15.9 Å². The summed E-state index contributed by atoms with van der Waals surface area (Å²) in [4.78, 5) is 14.9. The lowest BCUT2D eigenvalue weighted by atomic mass is 10.4. The number of carbonyl (C=O) groups is 1. The van der Waals surface area contributed by atoms with Crippen LogP contribution in [0, 0.1) is 0 Å². The molecule has 0 atom stereocenters. The Balaban J connectivity index is 2.63. The molecule has 0 saturated carbocycles. The Morgan fingerprint density at radius 2 is 2.43 bits per heavy atom. The molecule has 0 saturated heterocycles. The summed E-state index contributed by atoms with van der Waals surface area (Å²) in [6.45, 7) is 0.162. The van der Waals surface area contributed by atoms with Crippen LogP contribution in [0.1, 0.15) is 0 Å². The second-order valence-corrected chi connectivity index (χ2v) is 3.53. The van der Waals surface area contributed by atoms with Crippen molar-refractivity contribution in [3.05, 3.63) is 16.7 Å². The Hall–Kier alpha value is -1.30. The predicted octanol–water partition coefficient (Wildman–Crippen LogP) is 0.584. The van der Waals surface area contributed by atoms with E-state index in [1.54, 1.807) is 19.3 Å². The van der Waals surface area contributed by atoms with E-state index in [0.717, 1.165) is 4.47 Å². The van der Waals surface area contributed by atoms with Gasteiger partial charge in [-0.1, -0.05) is 0 Å². The number of hydrogen-bond donors (Lipinski definition) is 3. The van der Waals surface area contributed by atoms with E-state index in [1.165, 1.54) is 0 Å². The molecular weight excluding hydrogens is 248 g/mol. The summed E-state index contributed by atoms with van der Waals surface area (Å²) >= 11 is 3.24. The van der Waals surface area contributed by atoms with Crippen LogP contribution in [0.2, 0.25) is 0 Å². The first kappa shape index (κ1) is 10.8. The summed E-state index contributed by atoms with van der Waals surface area (Å²) in [5.74, 6) is 0.394. The van der Waals surface area contributed by atoms with E-state index < -0.39 is 0 Å². The molecule has 0 spiro atoms. The number of aromatic nitrogens is 1. The average Bonchev–Trinajstić information content (AvgIpc) is 2.16. The molecule has 0 bridgehead atoms. The third-order valence-corrected chi connectivity index (χ3v) is 2.01. The Morgan fingerprint density at radius 3 is 3.00 bits per heavy atom. The first-order valence-corrected chi connectivity index (χ1v) is 4.78. The molecule has 6 heteroatoms. The van der Waals surface area contributed by atoms with Gasteiger partial charge in [0, 0.05) is 17.7 Å². The minimum Gasteiger partial charge on any atom is -0.396 e. The van der Waals surface area contributed by atoms with Crippen molar-refractivity contribution in [3.63, 3.8) is 0 Å². The number of nitrogens with two attached hydrogens (primary N) is 1. The zero-order valence-corrected chi connectivity index (χ0v) is 9.26. The number of nitrogens with one attached hydrogen (secondary N) is 2. The molecule has 0 aromatic carbocycles. The number of likely N-dealkylation sites (N-methyl/N-ethyl adjacent to an activating group) is 1. The van der Waals surface area contributed by atoms with Gasteiger partial charge in [-0.2, -0.15) is 0 Å². The van der Waals surface area contributed by atoms with Gasteiger partial charge in [-0.15, -0.1) is 0 Å². The highest BCUT2D eigenvalue weighted by Crippen LogP contribution is 2.19. The van der Waals surface area contributed by atoms with Gasteiger partial charge in [0.05, 0.1) is 12.2 Å². The highest BCUT2D eigenvalue weighted by Gasteiger charge is 2.02. The van der Waals surface area contributed by atoms with E-state index in [9.17, 15) is 4.79 Å². The molecule has 1 aromatic heterocycles. The summed E-state index contributed by atoms with van der Waals surface area (Å²) in [6, 6.07) is 1.72. The lowest BCUT2D eigenvalue weighted by Crippen LogP contribution is -2.26. The summed E-state index contributed by atoms with van der Waals surface area (Å²) in [6.07, 6.45) is 1.61. The maximum absolute atomic E-state index is 10.9. The fourth-order valence-corrected chi connectivity index (χ4v) is 1.20. The molecule has 5 nitrogen and oxygen atoms in total. The molecule has 76 valence electrons. The van der Waals surface area contributed by atoms with Crippen LogP contribution in [0.25, 0.3) is 0 Å². The SMILES string of the molecule is CNC(=O)CNc1ncc(Br)cc1N. The largest absolute Gasteiger partial charge is 0.396 e. The fraction of sp³-hybridized carbons (Fsp3) is 0.250. The molecule has 4 N–H and O–H groups in total. The molecule has 14 heavy (non-hydrogen) atoms. The van der Waals surface area contributed by atoms with Crippen LogP contribution in [-0.2, 0) is 4.79 Å². The van der Waals surface area contributed by atoms with Crippen molar-refractivity contribution in [2.75, 3.05) is 24.6 Å². The molecule has 0 unspecified atom stereocenters. The maximum Gasteiger partial charge on any atom is 0.239 e. The Kier molecular flexibility index (Phi) is 3.70. The highest BCUT2D eigenvalue weighted by atomic mass is 79.9. The minimum atomic E-state index is -0.117. The van der Waals surface area contributed by atoms with Gasteiger partial charge >= 0.3 is 0 Å². The number of nitrogen functional groups attached to an aromatic ring is 1. The molecule has 1 rings (SSSR count). The van der Waals surface area contributed by atoms with Gasteiger partial charge < -0.3 is 16.4 Å². The summed E-state index contributed by atoms with van der Waals surface area (Å²) in [5.41, 5.74) is 6.17. The Bertz CT molecular complexity index is 342. The van der Waals surface area contributed by atoms with Crippen molar-refractivity contribution in [1.29, 1.82) is 0 Å². The van der Waals surface area contributed by atoms with E-state index >= 15 is 0 Å². The van der Waals surface area contributed by atoms with E-state index in [4.69, 9.17) is 5.73 Å². The number of amides is 1. The fourth-order valence-electron chi connectivity index (χ4n) is 0.855. The molecule has 0 aliphatic rings. The minimum absolute atomic E-state index is 0.117. The van der Waals surface area contributed by atoms with Crippen molar-refractivity contribution >= 4 is 33.3 Å². The van der Waals surface area contributed by atoms with Crippen LogP contribution in [0.4, 0.5) is 11.5 Å². The summed E-state index contributed by atoms with van der Waals surface area (Å²) in [5, 5.41) is 5.31. The van der Waals surface area contributed by atoms with Crippen LogP contribution in [-0.4, -0.2) is 24.5 Å². The third kappa shape index (κ3) is 2.88. The number of carbonyl (C=O) groups excluding carboxylic acids is 1. The smallest absolute Gasteiger partial charge is 0.239 e. The normalized spacial score (nSPS) is 9.57. The van der Waals surface area contributed by atoms with Gasteiger partial charge in [0.15, 0.2) is 0 Å². The molecule has 0 radical (unpaired) electrons. The maximum atomic E-state index is 10.9. The number of anilines is 2. The molecule has 1 amide bonds. The van der Waals surface area contributed by atoms with Crippen LogP contribution in [0.15, 0.2) is 16.7 Å². The third-order valence-electron chi connectivity index (χ3n) is 1.58. The zero-order chi connectivity index (χ0) is 10.6.